The summed E-state index contributed by atoms with van der Waals surface area (Å²) in [5, 5.41) is 6.92. The smallest absolute Gasteiger partial charge is 0.314 e. The van der Waals surface area contributed by atoms with Crippen LogP contribution < -0.4 is 4.90 Å². The minimum atomic E-state index is -2.85. The maximum atomic E-state index is 13.9. The number of hydrogen-bond acceptors (Lipinski definition) is 6. The fourth-order valence-corrected chi connectivity index (χ4v) is 3.90. The van der Waals surface area contributed by atoms with Crippen molar-refractivity contribution >= 4 is 11.6 Å². The molecule has 0 aliphatic carbocycles. The first-order chi connectivity index (χ1) is 15.9. The van der Waals surface area contributed by atoms with E-state index in [1.54, 1.807) is 29.2 Å². The summed E-state index contributed by atoms with van der Waals surface area (Å²) in [7, 11) is 0. The van der Waals surface area contributed by atoms with Gasteiger partial charge in [0.15, 0.2) is 0 Å². The van der Waals surface area contributed by atoms with Crippen molar-refractivity contribution in [2.45, 2.75) is 32.7 Å². The molecule has 1 saturated heterocycles. The Morgan fingerprint density at radius 3 is 2.61 bits per heavy atom. The van der Waals surface area contributed by atoms with Crippen LogP contribution in [0, 0.1) is 11.7 Å². The molecule has 33 heavy (non-hydrogen) atoms. The molecular formula is C23H24F3N5O2. The average Bonchev–Trinajstić information content (AvgIpc) is 3.33. The molecule has 0 bridgehead atoms. The van der Waals surface area contributed by atoms with E-state index in [0.717, 1.165) is 32.5 Å². The Morgan fingerprint density at radius 2 is 2.00 bits per heavy atom. The summed E-state index contributed by atoms with van der Waals surface area (Å²) in [6.07, 6.45) is 0.0585. The third kappa shape index (κ3) is 5.39. The Kier molecular flexibility index (Phi) is 7.02. The highest BCUT2D eigenvalue weighted by Gasteiger charge is 2.29. The number of anilines is 1. The van der Waals surface area contributed by atoms with Crippen LogP contribution in [0.15, 0.2) is 47.0 Å². The molecule has 10 heteroatoms. The first-order valence-electron chi connectivity index (χ1n) is 10.8. The predicted molar refractivity (Wildman–Crippen MR) is 115 cm³/mol. The normalized spacial score (nSPS) is 15.2. The Bertz CT molecular complexity index is 1080. The minimum Gasteiger partial charge on any atom is -0.415 e. The highest BCUT2D eigenvalue weighted by molar-refractivity contribution is 5.95. The van der Waals surface area contributed by atoms with Gasteiger partial charge in [-0.15, -0.1) is 10.2 Å². The van der Waals surface area contributed by atoms with E-state index in [2.05, 4.69) is 27.0 Å². The standard InChI is InChI=1S/C23H24F3N5O2/c1-2-30-10-8-15(9-11-30)23(32)31(19-5-3-4-17(24)12-19)14-18-7-6-16(13-27-18)21-28-29-22(33-21)20(25)26/h3-7,12-13,15,20H,2,8-11,14H2,1H3. The van der Waals surface area contributed by atoms with Gasteiger partial charge in [0.1, 0.15) is 5.82 Å². The first kappa shape index (κ1) is 22.9. The van der Waals surface area contributed by atoms with E-state index in [1.165, 1.54) is 18.3 Å². The number of aromatic nitrogens is 3. The third-order valence-electron chi connectivity index (χ3n) is 5.79. The molecule has 0 N–H and O–H groups in total. The number of hydrogen-bond donors (Lipinski definition) is 0. The number of benzene rings is 1. The van der Waals surface area contributed by atoms with Gasteiger partial charge in [0, 0.05) is 17.8 Å². The molecule has 0 atom stereocenters. The van der Waals surface area contributed by atoms with Crippen LogP contribution in [0.5, 0.6) is 0 Å². The molecule has 3 heterocycles. The van der Waals surface area contributed by atoms with E-state index in [4.69, 9.17) is 4.42 Å². The zero-order valence-electron chi connectivity index (χ0n) is 18.1. The summed E-state index contributed by atoms with van der Waals surface area (Å²) in [5.74, 6) is -1.47. The molecule has 3 aromatic rings. The molecular weight excluding hydrogens is 435 g/mol. The number of carbonyl (C=O) groups is 1. The second-order valence-corrected chi connectivity index (χ2v) is 7.90. The molecule has 1 aliphatic rings. The molecule has 0 saturated carbocycles. The lowest BCUT2D eigenvalue weighted by molar-refractivity contribution is -0.123. The number of amides is 1. The molecule has 0 spiro atoms. The lowest BCUT2D eigenvalue weighted by atomic mass is 9.95. The average molecular weight is 459 g/mol. The van der Waals surface area contributed by atoms with Crippen molar-refractivity contribution < 1.29 is 22.4 Å². The van der Waals surface area contributed by atoms with Gasteiger partial charge in [-0.2, -0.15) is 8.78 Å². The number of alkyl halides is 2. The van der Waals surface area contributed by atoms with Crippen LogP contribution in [0.3, 0.4) is 0 Å². The van der Waals surface area contributed by atoms with Crippen LogP contribution in [0.25, 0.3) is 11.5 Å². The Labute approximate surface area is 189 Å². The molecule has 1 amide bonds. The van der Waals surface area contributed by atoms with Crippen molar-refractivity contribution in [3.8, 4) is 11.5 Å². The molecule has 174 valence electrons. The molecule has 4 rings (SSSR count). The summed E-state index contributed by atoms with van der Waals surface area (Å²) in [6.45, 7) is 4.88. The van der Waals surface area contributed by atoms with Crippen molar-refractivity contribution in [2.75, 3.05) is 24.5 Å². The molecule has 1 aliphatic heterocycles. The maximum absolute atomic E-state index is 13.9. The zero-order valence-corrected chi connectivity index (χ0v) is 18.1. The maximum Gasteiger partial charge on any atom is 0.314 e. The van der Waals surface area contributed by atoms with Gasteiger partial charge >= 0.3 is 6.43 Å². The van der Waals surface area contributed by atoms with Gasteiger partial charge in [-0.25, -0.2) is 4.39 Å². The van der Waals surface area contributed by atoms with Crippen molar-refractivity contribution in [3.63, 3.8) is 0 Å². The summed E-state index contributed by atoms with van der Waals surface area (Å²) in [6, 6.07) is 9.19. The number of pyridine rings is 1. The lowest BCUT2D eigenvalue weighted by Gasteiger charge is -2.33. The van der Waals surface area contributed by atoms with Crippen molar-refractivity contribution in [1.82, 2.24) is 20.1 Å². The summed E-state index contributed by atoms with van der Waals surface area (Å²) >= 11 is 0. The van der Waals surface area contributed by atoms with Crippen molar-refractivity contribution in [3.05, 3.63) is 60.0 Å². The van der Waals surface area contributed by atoms with E-state index in [-0.39, 0.29) is 24.3 Å². The monoisotopic (exact) mass is 459 g/mol. The number of rotatable bonds is 7. The second kappa shape index (κ2) is 10.1. The number of nitrogens with zero attached hydrogens (tertiary/aromatic N) is 5. The Morgan fingerprint density at radius 1 is 1.21 bits per heavy atom. The highest BCUT2D eigenvalue weighted by atomic mass is 19.3. The first-order valence-corrected chi connectivity index (χ1v) is 10.8. The topological polar surface area (TPSA) is 75.4 Å². The minimum absolute atomic E-state index is 0.0647. The van der Waals surface area contributed by atoms with Crippen LogP contribution in [0.4, 0.5) is 18.9 Å². The van der Waals surface area contributed by atoms with E-state index in [9.17, 15) is 18.0 Å². The van der Waals surface area contributed by atoms with Crippen LogP contribution in [-0.4, -0.2) is 45.6 Å². The number of piperidine rings is 1. The van der Waals surface area contributed by atoms with Crippen LogP contribution in [-0.2, 0) is 11.3 Å². The number of halogens is 3. The quantitative estimate of drug-likeness (QED) is 0.519. The third-order valence-corrected chi connectivity index (χ3v) is 5.79. The van der Waals surface area contributed by atoms with Crippen molar-refractivity contribution in [1.29, 1.82) is 0 Å². The van der Waals surface area contributed by atoms with Gasteiger partial charge in [0.05, 0.1) is 17.8 Å². The fraction of sp³-hybridized carbons (Fsp3) is 0.391. The molecule has 0 radical (unpaired) electrons. The van der Waals surface area contributed by atoms with Gasteiger partial charge < -0.3 is 14.2 Å². The summed E-state index contributed by atoms with van der Waals surface area (Å²) in [4.78, 5) is 21.6. The number of carbonyl (C=O) groups excluding carboxylic acids is 1. The van der Waals surface area contributed by atoms with Gasteiger partial charge in [-0.3, -0.25) is 9.78 Å². The summed E-state index contributed by atoms with van der Waals surface area (Å²) < 4.78 is 44.2. The van der Waals surface area contributed by atoms with Crippen LogP contribution in [0.1, 0.15) is 37.8 Å². The zero-order chi connectivity index (χ0) is 23.4. The molecule has 1 fully saturated rings. The van der Waals surface area contributed by atoms with Crippen LogP contribution >= 0.6 is 0 Å². The largest absolute Gasteiger partial charge is 0.415 e. The van der Waals surface area contributed by atoms with Gasteiger partial charge in [-0.1, -0.05) is 13.0 Å². The van der Waals surface area contributed by atoms with Crippen LogP contribution in [0.2, 0.25) is 0 Å². The van der Waals surface area contributed by atoms with E-state index in [1.807, 2.05) is 0 Å². The van der Waals surface area contributed by atoms with Gasteiger partial charge in [0.25, 0.3) is 5.89 Å². The Balaban J connectivity index is 1.54. The summed E-state index contributed by atoms with van der Waals surface area (Å²) in [5.41, 5.74) is 1.40. The van der Waals surface area contributed by atoms with Gasteiger partial charge in [0.2, 0.25) is 11.8 Å². The van der Waals surface area contributed by atoms with E-state index >= 15 is 0 Å². The second-order valence-electron chi connectivity index (χ2n) is 7.90. The fourth-order valence-electron chi connectivity index (χ4n) is 3.90. The van der Waals surface area contributed by atoms with Gasteiger partial charge in [-0.05, 0) is 62.8 Å². The van der Waals surface area contributed by atoms with E-state index in [0.29, 0.717) is 16.9 Å². The predicted octanol–water partition coefficient (Wildman–Crippen LogP) is 4.47. The number of likely N-dealkylation sites (tertiary alicyclic amines) is 1. The molecule has 7 nitrogen and oxygen atoms in total. The molecule has 0 unspecified atom stereocenters. The van der Waals surface area contributed by atoms with Crippen molar-refractivity contribution in [2.24, 2.45) is 5.92 Å². The SMILES string of the molecule is CCN1CCC(C(=O)N(Cc2ccc(-c3nnc(C(F)F)o3)cn2)c2cccc(F)c2)CC1. The Hall–Kier alpha value is -3.27. The van der Waals surface area contributed by atoms with E-state index < -0.39 is 18.1 Å². The molecule has 1 aromatic carbocycles. The highest BCUT2D eigenvalue weighted by Crippen LogP contribution is 2.27. The lowest BCUT2D eigenvalue weighted by Crippen LogP contribution is -2.42. The molecule has 2 aromatic heterocycles.